The van der Waals surface area contributed by atoms with E-state index in [1.165, 1.54) is 0 Å². The summed E-state index contributed by atoms with van der Waals surface area (Å²) in [5.41, 5.74) is 1.09. The maximum Gasteiger partial charge on any atom is 0.408 e. The van der Waals surface area contributed by atoms with Gasteiger partial charge in [0.2, 0.25) is 0 Å². The van der Waals surface area contributed by atoms with Gasteiger partial charge in [0.15, 0.2) is 6.10 Å². The molecule has 1 aliphatic carbocycles. The Morgan fingerprint density at radius 1 is 1.69 bits per heavy atom. The summed E-state index contributed by atoms with van der Waals surface area (Å²) in [7, 11) is 0. The fourth-order valence-electron chi connectivity index (χ4n) is 1.63. The molecular formula is C9H11NO3. The van der Waals surface area contributed by atoms with E-state index in [9.17, 15) is 4.79 Å². The Morgan fingerprint density at radius 3 is 3.15 bits per heavy atom. The van der Waals surface area contributed by atoms with Gasteiger partial charge >= 0.3 is 6.09 Å². The van der Waals surface area contributed by atoms with Crippen molar-refractivity contribution < 1.29 is 14.6 Å². The third-order valence-electron chi connectivity index (χ3n) is 2.28. The van der Waals surface area contributed by atoms with Gasteiger partial charge in [-0.1, -0.05) is 18.2 Å². The van der Waals surface area contributed by atoms with Crippen molar-refractivity contribution in [2.24, 2.45) is 0 Å². The van der Waals surface area contributed by atoms with E-state index in [4.69, 9.17) is 9.84 Å². The highest BCUT2D eigenvalue weighted by molar-refractivity contribution is 5.71. The molecule has 70 valence electrons. The summed E-state index contributed by atoms with van der Waals surface area (Å²) >= 11 is 0. The average molecular weight is 181 g/mol. The molecular weight excluding hydrogens is 170 g/mol. The van der Waals surface area contributed by atoms with Gasteiger partial charge in [-0.15, -0.1) is 0 Å². The molecule has 1 aliphatic heterocycles. The lowest BCUT2D eigenvalue weighted by molar-refractivity contribution is 0.0872. The summed E-state index contributed by atoms with van der Waals surface area (Å²) in [6, 6.07) is -0.160. The third kappa shape index (κ3) is 1.45. The number of nitrogens with one attached hydrogen (secondary N) is 1. The molecule has 2 N–H and O–H groups in total. The number of aliphatic hydroxyl groups excluding tert-OH is 1. The molecule has 0 aromatic rings. The zero-order valence-corrected chi connectivity index (χ0v) is 7.06. The highest BCUT2D eigenvalue weighted by Gasteiger charge is 2.35. The number of carbonyl (C=O) groups excluding carboxylic acids is 1. The highest BCUT2D eigenvalue weighted by atomic mass is 16.6. The molecule has 0 bridgehead atoms. The van der Waals surface area contributed by atoms with Gasteiger partial charge in [-0.05, 0) is 12.0 Å². The van der Waals surface area contributed by atoms with Gasteiger partial charge in [-0.25, -0.2) is 4.79 Å². The fourth-order valence-corrected chi connectivity index (χ4v) is 1.63. The molecule has 2 atom stereocenters. The van der Waals surface area contributed by atoms with Crippen molar-refractivity contribution in [3.8, 4) is 0 Å². The standard InChI is InChI=1S/C9H11NO3/c11-5-7-8(10-9(12)13-7)6-3-1-2-4-6/h1-3,7-8,11H,4-5H2,(H,10,12)/t7-,8-/m1/s1. The molecule has 4 heteroatoms. The summed E-state index contributed by atoms with van der Waals surface area (Å²) in [6.07, 6.45) is 5.84. The second-order valence-electron chi connectivity index (χ2n) is 3.12. The predicted molar refractivity (Wildman–Crippen MR) is 46.1 cm³/mol. The Hall–Kier alpha value is -1.29. The van der Waals surface area contributed by atoms with Gasteiger partial charge < -0.3 is 15.2 Å². The molecule has 0 aromatic carbocycles. The summed E-state index contributed by atoms with van der Waals surface area (Å²) in [4.78, 5) is 10.9. The minimum atomic E-state index is -0.447. The topological polar surface area (TPSA) is 58.6 Å². The first-order valence-corrected chi connectivity index (χ1v) is 4.25. The molecule has 0 radical (unpaired) electrons. The highest BCUT2D eigenvalue weighted by Crippen LogP contribution is 2.22. The summed E-state index contributed by atoms with van der Waals surface area (Å²) < 4.78 is 4.87. The number of hydrogen-bond acceptors (Lipinski definition) is 3. The summed E-state index contributed by atoms with van der Waals surface area (Å²) in [5.74, 6) is 0. The summed E-state index contributed by atoms with van der Waals surface area (Å²) in [5, 5.41) is 11.6. The van der Waals surface area contributed by atoms with E-state index in [-0.39, 0.29) is 12.6 Å². The maximum atomic E-state index is 10.9. The van der Waals surface area contributed by atoms with Crippen LogP contribution < -0.4 is 5.32 Å². The van der Waals surface area contributed by atoms with Crippen LogP contribution in [-0.4, -0.2) is 30.0 Å². The van der Waals surface area contributed by atoms with Gasteiger partial charge in [-0.3, -0.25) is 0 Å². The summed E-state index contributed by atoms with van der Waals surface area (Å²) in [6.45, 7) is -0.138. The number of cyclic esters (lactones) is 1. The number of carbonyl (C=O) groups is 1. The monoisotopic (exact) mass is 181 g/mol. The quantitative estimate of drug-likeness (QED) is 0.646. The Morgan fingerprint density at radius 2 is 2.54 bits per heavy atom. The fraction of sp³-hybridized carbons (Fsp3) is 0.444. The van der Waals surface area contributed by atoms with Crippen LogP contribution in [0.3, 0.4) is 0 Å². The smallest absolute Gasteiger partial charge is 0.408 e. The molecule has 0 unspecified atom stereocenters. The van der Waals surface area contributed by atoms with Crippen molar-refractivity contribution in [2.75, 3.05) is 6.61 Å². The molecule has 13 heavy (non-hydrogen) atoms. The van der Waals surface area contributed by atoms with Crippen molar-refractivity contribution in [3.05, 3.63) is 23.8 Å². The van der Waals surface area contributed by atoms with Crippen LogP contribution in [0.4, 0.5) is 4.79 Å². The lowest BCUT2D eigenvalue weighted by Crippen LogP contribution is -2.34. The normalized spacial score (nSPS) is 31.5. The number of amides is 1. The minimum absolute atomic E-state index is 0.138. The Labute approximate surface area is 75.9 Å². The molecule has 4 nitrogen and oxygen atoms in total. The number of ether oxygens (including phenoxy) is 1. The lowest BCUT2D eigenvalue weighted by atomic mass is 10.0. The minimum Gasteiger partial charge on any atom is -0.441 e. The van der Waals surface area contributed by atoms with Crippen molar-refractivity contribution in [2.45, 2.75) is 18.6 Å². The Bertz CT molecular complexity index is 283. The van der Waals surface area contributed by atoms with Gasteiger partial charge in [0, 0.05) is 0 Å². The van der Waals surface area contributed by atoms with Crippen LogP contribution in [0.15, 0.2) is 23.8 Å². The molecule has 2 rings (SSSR count). The van der Waals surface area contributed by atoms with Crippen molar-refractivity contribution in [1.29, 1.82) is 0 Å². The number of rotatable bonds is 2. The van der Waals surface area contributed by atoms with E-state index < -0.39 is 12.2 Å². The van der Waals surface area contributed by atoms with Crippen LogP contribution in [0.5, 0.6) is 0 Å². The molecule has 0 aromatic heterocycles. The van der Waals surface area contributed by atoms with Crippen molar-refractivity contribution >= 4 is 6.09 Å². The van der Waals surface area contributed by atoms with Gasteiger partial charge in [0.1, 0.15) is 0 Å². The second kappa shape index (κ2) is 3.22. The number of allylic oxidation sites excluding steroid dienone is 3. The van der Waals surface area contributed by atoms with Crippen molar-refractivity contribution in [1.82, 2.24) is 5.32 Å². The first kappa shape index (κ1) is 8.31. The molecule has 0 spiro atoms. The zero-order chi connectivity index (χ0) is 9.26. The van der Waals surface area contributed by atoms with E-state index in [0.717, 1.165) is 12.0 Å². The molecule has 2 aliphatic rings. The van der Waals surface area contributed by atoms with Crippen LogP contribution in [0.2, 0.25) is 0 Å². The van der Waals surface area contributed by atoms with E-state index in [1.807, 2.05) is 18.2 Å². The number of aliphatic hydroxyl groups is 1. The molecule has 1 heterocycles. The first-order valence-electron chi connectivity index (χ1n) is 4.25. The van der Waals surface area contributed by atoms with E-state index >= 15 is 0 Å². The number of hydrogen-bond donors (Lipinski definition) is 2. The van der Waals surface area contributed by atoms with E-state index in [0.29, 0.717) is 0 Å². The van der Waals surface area contributed by atoms with Crippen LogP contribution >= 0.6 is 0 Å². The van der Waals surface area contributed by atoms with Gasteiger partial charge in [0.05, 0.1) is 12.6 Å². The van der Waals surface area contributed by atoms with Crippen LogP contribution in [-0.2, 0) is 4.74 Å². The van der Waals surface area contributed by atoms with Gasteiger partial charge in [-0.2, -0.15) is 0 Å². The Balaban J connectivity index is 2.09. The molecule has 1 saturated heterocycles. The SMILES string of the molecule is O=C1N[C@H](C2=CC=CC2)[C@@H](CO)O1. The van der Waals surface area contributed by atoms with Crippen LogP contribution in [0.1, 0.15) is 6.42 Å². The van der Waals surface area contributed by atoms with Crippen LogP contribution in [0.25, 0.3) is 0 Å². The zero-order valence-electron chi connectivity index (χ0n) is 7.06. The predicted octanol–water partition coefficient (Wildman–Crippen LogP) is 0.342. The molecule has 0 saturated carbocycles. The average Bonchev–Trinajstić information content (AvgIpc) is 2.71. The van der Waals surface area contributed by atoms with Crippen molar-refractivity contribution in [3.63, 3.8) is 0 Å². The molecule has 1 fully saturated rings. The maximum absolute atomic E-state index is 10.9. The van der Waals surface area contributed by atoms with Gasteiger partial charge in [0.25, 0.3) is 0 Å². The largest absolute Gasteiger partial charge is 0.441 e. The second-order valence-corrected chi connectivity index (χ2v) is 3.12. The van der Waals surface area contributed by atoms with E-state index in [1.54, 1.807) is 0 Å². The van der Waals surface area contributed by atoms with E-state index in [2.05, 4.69) is 5.32 Å². The first-order chi connectivity index (χ1) is 6.31. The third-order valence-corrected chi connectivity index (χ3v) is 2.28. The number of alkyl carbamates (subject to hydrolysis) is 1. The Kier molecular flexibility index (Phi) is 2.06. The lowest BCUT2D eigenvalue weighted by Gasteiger charge is -2.15. The van der Waals surface area contributed by atoms with Crippen LogP contribution in [0, 0.1) is 0 Å². The molecule has 1 amide bonds.